The molecule has 2 amide bonds. The van der Waals surface area contributed by atoms with Gasteiger partial charge in [0.15, 0.2) is 0 Å². The van der Waals surface area contributed by atoms with Gasteiger partial charge in [0.25, 0.3) is 5.91 Å². The van der Waals surface area contributed by atoms with E-state index in [0.717, 1.165) is 23.9 Å². The Labute approximate surface area is 201 Å². The molecule has 1 N–H and O–H groups in total. The zero-order valence-corrected chi connectivity index (χ0v) is 19.4. The molecule has 0 unspecified atom stereocenters. The Morgan fingerprint density at radius 2 is 1.88 bits per heavy atom. The van der Waals surface area contributed by atoms with Gasteiger partial charge in [-0.05, 0) is 42.3 Å². The average Bonchev–Trinajstić information content (AvgIpc) is 2.97. The monoisotopic (exact) mass is 518 g/mol. The molecule has 0 atom stereocenters. The van der Waals surface area contributed by atoms with Crippen LogP contribution in [0, 0.1) is 0 Å². The third-order valence-electron chi connectivity index (χ3n) is 4.41. The first-order valence-corrected chi connectivity index (χ1v) is 11.2. The van der Waals surface area contributed by atoms with Crippen LogP contribution in [0.3, 0.4) is 0 Å². The first-order valence-electron chi connectivity index (χ1n) is 9.23. The lowest BCUT2D eigenvalue weighted by molar-refractivity contribution is -0.137. The molecular formula is C21H15Cl2F3N2O2S2. The van der Waals surface area contributed by atoms with Gasteiger partial charge in [0.05, 0.1) is 15.5 Å². The molecule has 1 fully saturated rings. The van der Waals surface area contributed by atoms with Crippen molar-refractivity contribution in [1.29, 1.82) is 0 Å². The Morgan fingerprint density at radius 1 is 1.16 bits per heavy atom. The van der Waals surface area contributed by atoms with Gasteiger partial charge < -0.3 is 5.32 Å². The zero-order valence-electron chi connectivity index (χ0n) is 16.2. The van der Waals surface area contributed by atoms with Crippen molar-refractivity contribution in [3.05, 3.63) is 68.5 Å². The van der Waals surface area contributed by atoms with Crippen LogP contribution < -0.4 is 5.32 Å². The number of nitrogens with one attached hydrogen (secondary N) is 1. The molecule has 3 rings (SSSR count). The highest BCUT2D eigenvalue weighted by atomic mass is 35.5. The van der Waals surface area contributed by atoms with Crippen molar-refractivity contribution in [2.24, 2.45) is 0 Å². The molecular weight excluding hydrogens is 504 g/mol. The Balaban J connectivity index is 1.56. The molecule has 0 aliphatic carbocycles. The summed E-state index contributed by atoms with van der Waals surface area (Å²) < 4.78 is 39.2. The van der Waals surface area contributed by atoms with Gasteiger partial charge in [-0.25, -0.2) is 0 Å². The highest BCUT2D eigenvalue weighted by molar-refractivity contribution is 8.26. The number of thioether (sulfide) groups is 1. The molecule has 4 nitrogen and oxygen atoms in total. The number of rotatable bonds is 6. The van der Waals surface area contributed by atoms with Gasteiger partial charge in [-0.15, -0.1) is 0 Å². The maximum atomic E-state index is 12.9. The Bertz CT molecular complexity index is 1110. The minimum absolute atomic E-state index is 0.00933. The van der Waals surface area contributed by atoms with Crippen LogP contribution in [-0.4, -0.2) is 27.6 Å². The summed E-state index contributed by atoms with van der Waals surface area (Å²) in [5, 5.41) is 2.47. The average molecular weight is 519 g/mol. The molecule has 0 spiro atoms. The predicted octanol–water partition coefficient (Wildman–Crippen LogP) is 6.63. The Kier molecular flexibility index (Phi) is 7.87. The van der Waals surface area contributed by atoms with Gasteiger partial charge in [0.2, 0.25) is 5.91 Å². The molecule has 2 aromatic rings. The third kappa shape index (κ3) is 6.04. The fourth-order valence-corrected chi connectivity index (χ4v) is 4.58. The largest absolute Gasteiger partial charge is 0.417 e. The third-order valence-corrected chi connectivity index (χ3v) is 6.46. The summed E-state index contributed by atoms with van der Waals surface area (Å²) in [4.78, 5) is 26.6. The number of hydrogen-bond acceptors (Lipinski definition) is 4. The summed E-state index contributed by atoms with van der Waals surface area (Å²) in [6, 6.07) is 10.2. The number of thiocarbonyl (C=S) groups is 1. The summed E-state index contributed by atoms with van der Waals surface area (Å²) in [5.74, 6) is -0.773. The second kappa shape index (κ2) is 10.2. The van der Waals surface area contributed by atoms with Crippen LogP contribution in [0.5, 0.6) is 0 Å². The standard InChI is InChI=1S/C21H15Cl2F3N2O2S2/c22-15-5-2-1-4-12(15)10-17-19(30)28(20(31)32-17)9-3-6-18(29)27-13-7-8-16(23)14(11-13)21(24,25)26/h1-2,4-5,7-8,10-11H,3,6,9H2,(H,27,29). The van der Waals surface area contributed by atoms with E-state index in [1.807, 2.05) is 0 Å². The van der Waals surface area contributed by atoms with Crippen molar-refractivity contribution < 1.29 is 22.8 Å². The molecule has 1 saturated heterocycles. The van der Waals surface area contributed by atoms with E-state index >= 15 is 0 Å². The molecule has 168 valence electrons. The number of alkyl halides is 3. The SMILES string of the molecule is O=C(CCCN1C(=O)C(=Cc2ccccc2Cl)SC1=S)Nc1ccc(Cl)c(C(F)(F)F)c1. The molecule has 0 radical (unpaired) electrons. The molecule has 1 aliphatic heterocycles. The van der Waals surface area contributed by atoms with Crippen LogP contribution in [0.1, 0.15) is 24.0 Å². The first kappa shape index (κ1) is 24.6. The smallest absolute Gasteiger partial charge is 0.326 e. The van der Waals surface area contributed by atoms with Crippen molar-refractivity contribution in [3.63, 3.8) is 0 Å². The highest BCUT2D eigenvalue weighted by Crippen LogP contribution is 2.36. The topological polar surface area (TPSA) is 49.4 Å². The first-order chi connectivity index (χ1) is 15.1. The lowest BCUT2D eigenvalue weighted by Crippen LogP contribution is -2.29. The Hall–Kier alpha value is -2.07. The van der Waals surface area contributed by atoms with Crippen LogP contribution >= 0.6 is 47.2 Å². The molecule has 32 heavy (non-hydrogen) atoms. The number of carbonyl (C=O) groups excluding carboxylic acids is 2. The van der Waals surface area contributed by atoms with Crippen molar-refractivity contribution in [2.75, 3.05) is 11.9 Å². The fraction of sp³-hybridized carbons (Fsp3) is 0.190. The molecule has 11 heteroatoms. The molecule has 2 aromatic carbocycles. The Morgan fingerprint density at radius 3 is 2.56 bits per heavy atom. The van der Waals surface area contributed by atoms with E-state index in [2.05, 4.69) is 5.32 Å². The van der Waals surface area contributed by atoms with Crippen LogP contribution in [0.15, 0.2) is 47.4 Å². The second-order valence-corrected chi connectivity index (χ2v) is 9.19. The van der Waals surface area contributed by atoms with Gasteiger partial charge in [-0.2, -0.15) is 13.2 Å². The number of halogens is 5. The van der Waals surface area contributed by atoms with E-state index in [-0.39, 0.29) is 31.0 Å². The fourth-order valence-electron chi connectivity index (χ4n) is 2.87. The lowest BCUT2D eigenvalue weighted by atomic mass is 10.2. The van der Waals surface area contributed by atoms with E-state index in [1.165, 1.54) is 11.0 Å². The minimum Gasteiger partial charge on any atom is -0.326 e. The number of nitrogens with zero attached hydrogens (tertiary/aromatic N) is 1. The quantitative estimate of drug-likeness (QED) is 0.344. The predicted molar refractivity (Wildman–Crippen MR) is 126 cm³/mol. The van der Waals surface area contributed by atoms with E-state index in [1.54, 1.807) is 30.3 Å². The van der Waals surface area contributed by atoms with E-state index in [0.29, 0.717) is 19.8 Å². The summed E-state index contributed by atoms with van der Waals surface area (Å²) >= 11 is 18.1. The van der Waals surface area contributed by atoms with Crippen molar-refractivity contribution in [1.82, 2.24) is 4.90 Å². The van der Waals surface area contributed by atoms with Crippen LogP contribution in [-0.2, 0) is 15.8 Å². The molecule has 0 bridgehead atoms. The van der Waals surface area contributed by atoms with Crippen LogP contribution in [0.2, 0.25) is 10.0 Å². The maximum absolute atomic E-state index is 12.9. The highest BCUT2D eigenvalue weighted by Gasteiger charge is 2.34. The number of anilines is 1. The normalized spacial score (nSPS) is 15.5. The van der Waals surface area contributed by atoms with Gasteiger partial charge in [-0.1, -0.05) is 65.4 Å². The van der Waals surface area contributed by atoms with Crippen molar-refractivity contribution in [3.8, 4) is 0 Å². The van der Waals surface area contributed by atoms with Gasteiger partial charge in [0.1, 0.15) is 4.32 Å². The summed E-state index contributed by atoms with van der Waals surface area (Å²) in [5.41, 5.74) is -0.352. The molecule has 0 aromatic heterocycles. The number of amides is 2. The number of carbonyl (C=O) groups is 2. The number of benzene rings is 2. The van der Waals surface area contributed by atoms with Gasteiger partial charge >= 0.3 is 6.18 Å². The lowest BCUT2D eigenvalue weighted by Gasteiger charge is -2.14. The molecule has 0 saturated carbocycles. The zero-order chi connectivity index (χ0) is 23.5. The molecule has 1 heterocycles. The van der Waals surface area contributed by atoms with Crippen molar-refractivity contribution >= 4 is 75.1 Å². The van der Waals surface area contributed by atoms with Gasteiger partial charge in [-0.3, -0.25) is 14.5 Å². The van der Waals surface area contributed by atoms with Crippen LogP contribution in [0.25, 0.3) is 6.08 Å². The molecule has 1 aliphatic rings. The summed E-state index contributed by atoms with van der Waals surface area (Å²) in [6.45, 7) is 0.201. The van der Waals surface area contributed by atoms with Crippen molar-refractivity contribution in [2.45, 2.75) is 19.0 Å². The van der Waals surface area contributed by atoms with Gasteiger partial charge in [0, 0.05) is 23.7 Å². The van der Waals surface area contributed by atoms with E-state index in [4.69, 9.17) is 35.4 Å². The minimum atomic E-state index is -4.63. The summed E-state index contributed by atoms with van der Waals surface area (Å²) in [7, 11) is 0. The number of hydrogen-bond donors (Lipinski definition) is 1. The maximum Gasteiger partial charge on any atom is 0.417 e. The second-order valence-electron chi connectivity index (χ2n) is 6.70. The van der Waals surface area contributed by atoms with E-state index in [9.17, 15) is 22.8 Å². The van der Waals surface area contributed by atoms with Crippen LogP contribution in [0.4, 0.5) is 18.9 Å². The van der Waals surface area contributed by atoms with E-state index < -0.39 is 22.7 Å². The summed E-state index contributed by atoms with van der Waals surface area (Å²) in [6.07, 6.45) is -2.70.